The lowest BCUT2D eigenvalue weighted by Crippen LogP contribution is -2.17. The predicted octanol–water partition coefficient (Wildman–Crippen LogP) is 4.21. The van der Waals surface area contributed by atoms with Crippen molar-refractivity contribution in [1.29, 1.82) is 0 Å². The molecule has 0 spiro atoms. The highest BCUT2D eigenvalue weighted by atomic mass is 16.6. The molecule has 152 valence electrons. The number of nitrogens with zero attached hydrogens (tertiary/aromatic N) is 4. The van der Waals surface area contributed by atoms with E-state index in [4.69, 9.17) is 0 Å². The first kappa shape index (κ1) is 19.7. The number of hydrogen-bond donors (Lipinski definition) is 1. The van der Waals surface area contributed by atoms with Crippen molar-refractivity contribution in [2.75, 3.05) is 0 Å². The van der Waals surface area contributed by atoms with Gasteiger partial charge in [-0.1, -0.05) is 48.5 Å². The quantitative estimate of drug-likeness (QED) is 0.292. The number of amides is 1. The fourth-order valence-corrected chi connectivity index (χ4v) is 2.98. The van der Waals surface area contributed by atoms with Crippen molar-refractivity contribution in [3.63, 3.8) is 0 Å². The topological polar surface area (TPSA) is 102 Å². The Hall–Kier alpha value is -4.59. The largest absolute Gasteiger partial charge is 0.271 e. The van der Waals surface area contributed by atoms with Crippen LogP contribution in [-0.2, 0) is 0 Å². The first-order chi connectivity index (χ1) is 15.1. The monoisotopic (exact) mass is 411 g/mol. The maximum Gasteiger partial charge on any atom is 0.271 e. The van der Waals surface area contributed by atoms with E-state index in [2.05, 4.69) is 15.6 Å². The molecule has 0 radical (unpaired) electrons. The summed E-state index contributed by atoms with van der Waals surface area (Å²) in [6.07, 6.45) is 3.28. The number of rotatable bonds is 6. The van der Waals surface area contributed by atoms with Crippen LogP contribution in [0.3, 0.4) is 0 Å². The lowest BCUT2D eigenvalue weighted by Gasteiger charge is -2.01. The van der Waals surface area contributed by atoms with Gasteiger partial charge in [0, 0.05) is 35.0 Å². The van der Waals surface area contributed by atoms with Crippen molar-refractivity contribution in [1.82, 2.24) is 15.2 Å². The molecule has 0 bridgehead atoms. The molecule has 0 aliphatic rings. The van der Waals surface area contributed by atoms with Gasteiger partial charge in [0.2, 0.25) is 0 Å². The van der Waals surface area contributed by atoms with E-state index < -0.39 is 4.92 Å². The summed E-state index contributed by atoms with van der Waals surface area (Å²) < 4.78 is 1.62. The van der Waals surface area contributed by atoms with Crippen LogP contribution in [0.25, 0.3) is 16.9 Å². The summed E-state index contributed by atoms with van der Waals surface area (Å²) in [6.45, 7) is 0. The van der Waals surface area contributed by atoms with Crippen LogP contribution < -0.4 is 5.43 Å². The van der Waals surface area contributed by atoms with E-state index in [9.17, 15) is 14.9 Å². The summed E-state index contributed by atoms with van der Waals surface area (Å²) in [5, 5.41) is 19.6. The van der Waals surface area contributed by atoms with Crippen LogP contribution in [0.5, 0.6) is 0 Å². The first-order valence-corrected chi connectivity index (χ1v) is 9.40. The van der Waals surface area contributed by atoms with Gasteiger partial charge in [-0.2, -0.15) is 10.2 Å². The first-order valence-electron chi connectivity index (χ1n) is 9.40. The molecule has 8 nitrogen and oxygen atoms in total. The molecule has 0 aliphatic carbocycles. The standard InChI is InChI=1S/C23H17N5O3/c29-23(18-9-5-2-6-10-18)25-24-15-19-16-27(20-11-13-21(14-12-20)28(30)31)26-22(19)17-7-3-1-4-8-17/h1-16H,(H,25,29)/b24-15+. The number of carbonyl (C=O) groups excluding carboxylic acids is 1. The Labute approximate surface area is 177 Å². The zero-order valence-electron chi connectivity index (χ0n) is 16.3. The summed E-state index contributed by atoms with van der Waals surface area (Å²) in [6, 6.07) is 24.4. The molecule has 1 N–H and O–H groups in total. The average molecular weight is 411 g/mol. The maximum atomic E-state index is 12.2. The normalized spacial score (nSPS) is 10.8. The highest BCUT2D eigenvalue weighted by Crippen LogP contribution is 2.23. The van der Waals surface area contributed by atoms with Crippen molar-refractivity contribution in [3.8, 4) is 16.9 Å². The van der Waals surface area contributed by atoms with Gasteiger partial charge in [-0.3, -0.25) is 14.9 Å². The van der Waals surface area contributed by atoms with Gasteiger partial charge in [0.05, 0.1) is 16.8 Å². The highest BCUT2D eigenvalue weighted by Gasteiger charge is 2.12. The summed E-state index contributed by atoms with van der Waals surface area (Å²) in [7, 11) is 0. The highest BCUT2D eigenvalue weighted by molar-refractivity contribution is 5.95. The zero-order valence-corrected chi connectivity index (χ0v) is 16.3. The van der Waals surface area contributed by atoms with Gasteiger partial charge in [-0.25, -0.2) is 10.1 Å². The summed E-state index contributed by atoms with van der Waals surface area (Å²) >= 11 is 0. The second-order valence-corrected chi connectivity index (χ2v) is 6.58. The van der Waals surface area contributed by atoms with Crippen LogP contribution in [0.4, 0.5) is 5.69 Å². The molecule has 8 heteroatoms. The van der Waals surface area contributed by atoms with Crippen molar-refractivity contribution in [2.24, 2.45) is 5.10 Å². The van der Waals surface area contributed by atoms with Crippen LogP contribution in [0.1, 0.15) is 15.9 Å². The van der Waals surface area contributed by atoms with Gasteiger partial charge in [0.15, 0.2) is 0 Å². The van der Waals surface area contributed by atoms with Crippen molar-refractivity contribution in [2.45, 2.75) is 0 Å². The number of nitro benzene ring substituents is 1. The molecule has 0 aliphatic heterocycles. The number of nitrogens with one attached hydrogen (secondary N) is 1. The second kappa shape index (κ2) is 8.83. The molecule has 31 heavy (non-hydrogen) atoms. The third-order valence-electron chi connectivity index (χ3n) is 4.52. The van der Waals surface area contributed by atoms with Crippen LogP contribution in [0, 0.1) is 10.1 Å². The van der Waals surface area contributed by atoms with Crippen LogP contribution in [0.15, 0.2) is 96.2 Å². The van der Waals surface area contributed by atoms with Crippen molar-refractivity contribution >= 4 is 17.8 Å². The van der Waals surface area contributed by atoms with E-state index in [1.807, 2.05) is 36.4 Å². The summed E-state index contributed by atoms with van der Waals surface area (Å²) in [5.74, 6) is -0.319. The van der Waals surface area contributed by atoms with E-state index in [1.54, 1.807) is 47.3 Å². The molecular formula is C23H17N5O3. The lowest BCUT2D eigenvalue weighted by atomic mass is 10.1. The number of carbonyl (C=O) groups is 1. The number of hydrogen-bond acceptors (Lipinski definition) is 5. The second-order valence-electron chi connectivity index (χ2n) is 6.58. The molecule has 1 amide bonds. The van der Waals surface area contributed by atoms with Gasteiger partial charge in [-0.05, 0) is 24.3 Å². The molecule has 0 fully saturated rings. The number of hydrazone groups is 1. The third-order valence-corrected chi connectivity index (χ3v) is 4.52. The molecule has 0 unspecified atom stereocenters. The van der Waals surface area contributed by atoms with Crippen molar-refractivity contribution in [3.05, 3.63) is 112 Å². The van der Waals surface area contributed by atoms with Gasteiger partial charge < -0.3 is 0 Å². The van der Waals surface area contributed by atoms with Gasteiger partial charge >= 0.3 is 0 Å². The number of nitro groups is 1. The smallest absolute Gasteiger partial charge is 0.267 e. The van der Waals surface area contributed by atoms with Crippen LogP contribution in [0.2, 0.25) is 0 Å². The Balaban J connectivity index is 1.64. The molecule has 0 atom stereocenters. The van der Waals surface area contributed by atoms with Gasteiger partial charge in [-0.15, -0.1) is 0 Å². The molecule has 4 rings (SSSR count). The predicted molar refractivity (Wildman–Crippen MR) is 117 cm³/mol. The Kier molecular flexibility index (Phi) is 5.62. The van der Waals surface area contributed by atoms with Gasteiger partial charge in [0.1, 0.15) is 5.69 Å². The Morgan fingerprint density at radius 1 is 0.968 bits per heavy atom. The lowest BCUT2D eigenvalue weighted by molar-refractivity contribution is -0.384. The molecular weight excluding hydrogens is 394 g/mol. The molecule has 1 aromatic heterocycles. The van der Waals surface area contributed by atoms with E-state index in [-0.39, 0.29) is 11.6 Å². The van der Waals surface area contributed by atoms with E-state index in [0.717, 1.165) is 5.56 Å². The number of non-ortho nitro benzene ring substituents is 1. The molecule has 3 aromatic carbocycles. The maximum absolute atomic E-state index is 12.2. The Morgan fingerprint density at radius 2 is 1.61 bits per heavy atom. The molecule has 0 saturated heterocycles. The molecule has 0 saturated carbocycles. The minimum atomic E-state index is -0.449. The molecule has 1 heterocycles. The zero-order chi connectivity index (χ0) is 21.6. The van der Waals surface area contributed by atoms with Gasteiger partial charge in [0.25, 0.3) is 11.6 Å². The SMILES string of the molecule is O=C(N/N=C/c1cn(-c2ccc([N+](=O)[O-])cc2)nc1-c1ccccc1)c1ccccc1. The van der Waals surface area contributed by atoms with E-state index in [0.29, 0.717) is 22.5 Å². The third kappa shape index (κ3) is 4.54. The Bertz CT molecular complexity index is 1230. The van der Waals surface area contributed by atoms with Crippen LogP contribution in [-0.4, -0.2) is 26.8 Å². The Morgan fingerprint density at radius 3 is 2.26 bits per heavy atom. The molecule has 4 aromatic rings. The van der Waals surface area contributed by atoms with E-state index in [1.165, 1.54) is 18.3 Å². The number of aromatic nitrogens is 2. The minimum absolute atomic E-state index is 0.00426. The number of benzene rings is 3. The average Bonchev–Trinajstić information content (AvgIpc) is 3.24. The fraction of sp³-hybridized carbons (Fsp3) is 0. The fourth-order valence-electron chi connectivity index (χ4n) is 2.98. The van der Waals surface area contributed by atoms with E-state index >= 15 is 0 Å². The minimum Gasteiger partial charge on any atom is -0.267 e. The summed E-state index contributed by atoms with van der Waals surface area (Å²) in [5.41, 5.74) is 5.90. The summed E-state index contributed by atoms with van der Waals surface area (Å²) in [4.78, 5) is 22.7. The van der Waals surface area contributed by atoms with Crippen LogP contribution >= 0.6 is 0 Å². The van der Waals surface area contributed by atoms with Crippen molar-refractivity contribution < 1.29 is 9.72 Å².